The van der Waals surface area contributed by atoms with E-state index in [1.165, 1.54) is 32.1 Å². The number of phenols is 2. The number of unbranched alkanes of at least 4 members (excludes halogenated alkanes) is 6. The predicted molar refractivity (Wildman–Crippen MR) is 99.5 cm³/mol. The van der Waals surface area contributed by atoms with Gasteiger partial charge < -0.3 is 19.7 Å². The Kier molecular flexibility index (Phi) is 8.53. The molecule has 0 aromatic heterocycles. The third kappa shape index (κ3) is 8.34. The minimum atomic E-state index is 0.265. The van der Waals surface area contributed by atoms with Crippen LogP contribution in [0.4, 0.5) is 0 Å². The van der Waals surface area contributed by atoms with Gasteiger partial charge in [-0.3, -0.25) is 0 Å². The summed E-state index contributed by atoms with van der Waals surface area (Å²) in [6.45, 7) is 1.45. The van der Waals surface area contributed by atoms with E-state index in [1.54, 1.807) is 48.5 Å². The van der Waals surface area contributed by atoms with Crippen molar-refractivity contribution in [2.75, 3.05) is 13.2 Å². The third-order valence-corrected chi connectivity index (χ3v) is 4.00. The number of aromatic hydroxyl groups is 2. The van der Waals surface area contributed by atoms with Gasteiger partial charge >= 0.3 is 0 Å². The van der Waals surface area contributed by atoms with Gasteiger partial charge in [0.1, 0.15) is 23.0 Å². The van der Waals surface area contributed by atoms with E-state index in [9.17, 15) is 10.2 Å². The summed E-state index contributed by atoms with van der Waals surface area (Å²) < 4.78 is 11.3. The normalized spacial score (nSPS) is 10.6. The third-order valence-electron chi connectivity index (χ3n) is 4.00. The van der Waals surface area contributed by atoms with Crippen LogP contribution in [0.5, 0.6) is 23.0 Å². The summed E-state index contributed by atoms with van der Waals surface area (Å²) >= 11 is 0. The highest BCUT2D eigenvalue weighted by molar-refractivity contribution is 5.30. The SMILES string of the molecule is Oc1ccc(OCCCCCCCCCOc2ccc(O)cc2)cc1. The quantitative estimate of drug-likeness (QED) is 0.514. The van der Waals surface area contributed by atoms with Crippen LogP contribution in [-0.4, -0.2) is 23.4 Å². The minimum absolute atomic E-state index is 0.265. The van der Waals surface area contributed by atoms with Gasteiger partial charge in [-0.1, -0.05) is 32.1 Å². The second-order valence-electron chi connectivity index (χ2n) is 6.16. The maximum absolute atomic E-state index is 9.20. The van der Waals surface area contributed by atoms with Crippen LogP contribution in [0.15, 0.2) is 48.5 Å². The lowest BCUT2D eigenvalue weighted by molar-refractivity contribution is 0.299. The van der Waals surface area contributed by atoms with Gasteiger partial charge in [-0.2, -0.15) is 0 Å². The molecule has 0 aliphatic rings. The van der Waals surface area contributed by atoms with Gasteiger partial charge in [0.05, 0.1) is 13.2 Å². The summed E-state index contributed by atoms with van der Waals surface area (Å²) in [5.41, 5.74) is 0. The van der Waals surface area contributed by atoms with Crippen LogP contribution < -0.4 is 9.47 Å². The van der Waals surface area contributed by atoms with E-state index in [-0.39, 0.29) is 11.5 Å². The highest BCUT2D eigenvalue weighted by Crippen LogP contribution is 2.17. The number of rotatable bonds is 12. The van der Waals surface area contributed by atoms with E-state index in [1.807, 2.05) is 0 Å². The Morgan fingerprint density at radius 1 is 0.480 bits per heavy atom. The molecule has 0 saturated heterocycles. The first-order valence-electron chi connectivity index (χ1n) is 9.08. The van der Waals surface area contributed by atoms with Crippen molar-refractivity contribution in [1.82, 2.24) is 0 Å². The Balaban J connectivity index is 1.37. The van der Waals surface area contributed by atoms with Crippen molar-refractivity contribution in [3.63, 3.8) is 0 Å². The van der Waals surface area contributed by atoms with Crippen LogP contribution in [-0.2, 0) is 0 Å². The van der Waals surface area contributed by atoms with Crippen molar-refractivity contribution >= 4 is 0 Å². The maximum atomic E-state index is 9.20. The summed E-state index contributed by atoms with van der Waals surface area (Å²) in [5, 5.41) is 18.4. The summed E-state index contributed by atoms with van der Waals surface area (Å²) in [4.78, 5) is 0. The number of benzene rings is 2. The molecule has 4 heteroatoms. The fourth-order valence-electron chi connectivity index (χ4n) is 2.55. The fraction of sp³-hybridized carbons (Fsp3) is 0.429. The van der Waals surface area contributed by atoms with Crippen molar-refractivity contribution in [3.05, 3.63) is 48.5 Å². The topological polar surface area (TPSA) is 58.9 Å². The zero-order valence-corrected chi connectivity index (χ0v) is 14.7. The summed E-state index contributed by atoms with van der Waals surface area (Å²) in [7, 11) is 0. The molecule has 0 bridgehead atoms. The monoisotopic (exact) mass is 344 g/mol. The molecule has 0 unspecified atom stereocenters. The lowest BCUT2D eigenvalue weighted by Gasteiger charge is -2.07. The number of phenolic OH excluding ortho intramolecular Hbond substituents is 2. The minimum Gasteiger partial charge on any atom is -0.508 e. The van der Waals surface area contributed by atoms with E-state index in [4.69, 9.17) is 9.47 Å². The van der Waals surface area contributed by atoms with Crippen molar-refractivity contribution in [1.29, 1.82) is 0 Å². The van der Waals surface area contributed by atoms with E-state index in [0.29, 0.717) is 0 Å². The molecule has 136 valence electrons. The molecule has 2 rings (SSSR count). The summed E-state index contributed by atoms with van der Waals surface area (Å²) in [6.07, 6.45) is 8.20. The molecule has 0 radical (unpaired) electrons. The van der Waals surface area contributed by atoms with Crippen molar-refractivity contribution in [2.45, 2.75) is 44.9 Å². The molecule has 4 nitrogen and oxygen atoms in total. The maximum Gasteiger partial charge on any atom is 0.119 e. The molecular weight excluding hydrogens is 316 g/mol. The average Bonchev–Trinajstić information content (AvgIpc) is 2.63. The Labute approximate surface area is 150 Å². The molecule has 2 aromatic rings. The zero-order chi connectivity index (χ0) is 17.7. The van der Waals surface area contributed by atoms with E-state index >= 15 is 0 Å². The first kappa shape index (κ1) is 19.0. The summed E-state index contributed by atoms with van der Waals surface area (Å²) in [5.74, 6) is 2.15. The standard InChI is InChI=1S/C21H28O4/c22-18-8-12-20(13-9-18)24-16-6-4-2-1-3-5-7-17-25-21-14-10-19(23)11-15-21/h8-15,22-23H,1-7,16-17H2. The zero-order valence-electron chi connectivity index (χ0n) is 14.7. The van der Waals surface area contributed by atoms with Crippen LogP contribution >= 0.6 is 0 Å². The van der Waals surface area contributed by atoms with E-state index in [0.717, 1.165) is 37.6 Å². The van der Waals surface area contributed by atoms with Gasteiger partial charge in [0.2, 0.25) is 0 Å². The lowest BCUT2D eigenvalue weighted by Crippen LogP contribution is -1.98. The van der Waals surface area contributed by atoms with Crippen LogP contribution in [0.25, 0.3) is 0 Å². The molecule has 25 heavy (non-hydrogen) atoms. The van der Waals surface area contributed by atoms with E-state index < -0.39 is 0 Å². The molecule has 2 aromatic carbocycles. The Morgan fingerprint density at radius 2 is 0.800 bits per heavy atom. The Bertz CT molecular complexity index is 524. The van der Waals surface area contributed by atoms with Gasteiger partial charge in [0.25, 0.3) is 0 Å². The van der Waals surface area contributed by atoms with Gasteiger partial charge in [-0.25, -0.2) is 0 Å². The number of hydrogen-bond acceptors (Lipinski definition) is 4. The summed E-state index contributed by atoms with van der Waals surface area (Å²) in [6, 6.07) is 13.7. The molecular formula is C21H28O4. The number of hydrogen-bond donors (Lipinski definition) is 2. The molecule has 0 heterocycles. The number of ether oxygens (including phenoxy) is 2. The van der Waals surface area contributed by atoms with E-state index in [2.05, 4.69) is 0 Å². The smallest absolute Gasteiger partial charge is 0.119 e. The highest BCUT2D eigenvalue weighted by atomic mass is 16.5. The molecule has 2 N–H and O–H groups in total. The average molecular weight is 344 g/mol. The molecule has 0 fully saturated rings. The predicted octanol–water partition coefficient (Wildman–Crippen LogP) is 5.29. The fourth-order valence-corrected chi connectivity index (χ4v) is 2.55. The van der Waals surface area contributed by atoms with Gasteiger partial charge in [-0.05, 0) is 61.4 Å². The van der Waals surface area contributed by atoms with Crippen molar-refractivity contribution < 1.29 is 19.7 Å². The molecule has 0 saturated carbocycles. The first-order valence-corrected chi connectivity index (χ1v) is 9.08. The largest absolute Gasteiger partial charge is 0.508 e. The van der Waals surface area contributed by atoms with Crippen LogP contribution in [0, 0.1) is 0 Å². The van der Waals surface area contributed by atoms with Gasteiger partial charge in [0.15, 0.2) is 0 Å². The van der Waals surface area contributed by atoms with Crippen LogP contribution in [0.1, 0.15) is 44.9 Å². The molecule has 0 aliphatic heterocycles. The lowest BCUT2D eigenvalue weighted by atomic mass is 10.1. The van der Waals surface area contributed by atoms with Gasteiger partial charge in [-0.15, -0.1) is 0 Å². The molecule has 0 spiro atoms. The second-order valence-corrected chi connectivity index (χ2v) is 6.16. The Morgan fingerprint density at radius 3 is 1.16 bits per heavy atom. The van der Waals surface area contributed by atoms with Crippen molar-refractivity contribution in [2.24, 2.45) is 0 Å². The first-order chi connectivity index (χ1) is 12.2. The van der Waals surface area contributed by atoms with Crippen LogP contribution in [0.2, 0.25) is 0 Å². The Hall–Kier alpha value is -2.36. The van der Waals surface area contributed by atoms with Gasteiger partial charge in [0, 0.05) is 0 Å². The van der Waals surface area contributed by atoms with Crippen molar-refractivity contribution in [3.8, 4) is 23.0 Å². The molecule has 0 amide bonds. The van der Waals surface area contributed by atoms with Crippen LogP contribution in [0.3, 0.4) is 0 Å². The molecule has 0 aliphatic carbocycles. The molecule has 0 atom stereocenters. The highest BCUT2D eigenvalue weighted by Gasteiger charge is 1.97. The second kappa shape index (κ2) is 11.2.